The molecule has 1 atom stereocenters. The van der Waals surface area contributed by atoms with Gasteiger partial charge in [0.1, 0.15) is 0 Å². The number of aliphatic carboxylic acids is 1. The summed E-state index contributed by atoms with van der Waals surface area (Å²) in [6.45, 7) is 8.69. The topological polar surface area (TPSA) is 58.9 Å². The average molecular weight is 161 g/mol. The van der Waals surface area contributed by atoms with Crippen molar-refractivity contribution in [3.8, 4) is 0 Å². The highest BCUT2D eigenvalue weighted by molar-refractivity contribution is 5.72. The fourth-order valence-electron chi connectivity index (χ4n) is 0.384. The molecular weight excluding hydrogens is 146 g/mol. The van der Waals surface area contributed by atoms with E-state index in [0.29, 0.717) is 6.42 Å². The lowest BCUT2D eigenvalue weighted by atomic mass is 10.3. The molecule has 0 aliphatic rings. The van der Waals surface area contributed by atoms with Crippen LogP contribution in [-0.4, -0.2) is 23.9 Å². The summed E-state index contributed by atoms with van der Waals surface area (Å²) < 4.78 is 0. The van der Waals surface area contributed by atoms with Crippen LogP contribution >= 0.6 is 0 Å². The van der Waals surface area contributed by atoms with Gasteiger partial charge >= 0.3 is 5.97 Å². The van der Waals surface area contributed by atoms with Crippen LogP contribution in [0.1, 0.15) is 27.2 Å². The maximum atomic E-state index is 10.1. The minimum Gasteiger partial charge on any atom is -0.478 e. The number of hydrogen-bond donors (Lipinski definition) is 1. The third kappa shape index (κ3) is 6.83. The minimum atomic E-state index is -1.01. The Morgan fingerprint density at radius 1 is 1.73 bits per heavy atom. The number of carbonyl (C=O) groups is 1. The second-order valence-electron chi connectivity index (χ2n) is 1.47. The van der Waals surface area contributed by atoms with Crippen LogP contribution in [0.5, 0.6) is 0 Å². The zero-order valence-electron chi connectivity index (χ0n) is 7.20. The van der Waals surface area contributed by atoms with Crippen molar-refractivity contribution >= 4 is 12.7 Å². The average Bonchev–Trinajstić information content (AvgIpc) is 2.03. The van der Waals surface area contributed by atoms with Gasteiger partial charge in [-0.15, -0.1) is 5.16 Å². The molecule has 0 saturated heterocycles. The van der Waals surface area contributed by atoms with Gasteiger partial charge in [0.25, 0.3) is 0 Å². The molecule has 0 aromatic heterocycles. The fraction of sp³-hybridized carbons (Fsp3) is 0.714. The van der Waals surface area contributed by atoms with Crippen LogP contribution in [-0.2, 0) is 9.63 Å². The third-order valence-electron chi connectivity index (χ3n) is 0.848. The lowest BCUT2D eigenvalue weighted by Gasteiger charge is -2.04. The molecule has 0 aromatic carbocycles. The number of rotatable bonds is 4. The van der Waals surface area contributed by atoms with Crippen molar-refractivity contribution in [2.45, 2.75) is 33.3 Å². The summed E-state index contributed by atoms with van der Waals surface area (Å²) in [6.07, 6.45) is -0.448. The number of carboxylic acid groups (broad SMARTS) is 1. The zero-order chi connectivity index (χ0) is 9.28. The number of oxime groups is 1. The maximum Gasteiger partial charge on any atom is 0.347 e. The van der Waals surface area contributed by atoms with Gasteiger partial charge in [0, 0.05) is 6.72 Å². The highest BCUT2D eigenvalue weighted by Gasteiger charge is 2.14. The normalized spacial score (nSPS) is 10.5. The van der Waals surface area contributed by atoms with E-state index in [0.717, 1.165) is 0 Å². The van der Waals surface area contributed by atoms with E-state index in [4.69, 9.17) is 5.11 Å². The Hall–Kier alpha value is -1.06. The second kappa shape index (κ2) is 8.94. The van der Waals surface area contributed by atoms with E-state index in [9.17, 15) is 4.79 Å². The SMILES string of the molecule is C=NOC(CC)C(=O)O.CC. The first-order valence-corrected chi connectivity index (χ1v) is 3.57. The van der Waals surface area contributed by atoms with Crippen LogP contribution in [0.25, 0.3) is 0 Å². The van der Waals surface area contributed by atoms with Crippen molar-refractivity contribution < 1.29 is 14.7 Å². The highest BCUT2D eigenvalue weighted by Crippen LogP contribution is 1.96. The molecule has 0 saturated carbocycles. The summed E-state index contributed by atoms with van der Waals surface area (Å²) in [5.41, 5.74) is 0. The zero-order valence-corrected chi connectivity index (χ0v) is 7.20. The standard InChI is InChI=1S/C5H9NO3.C2H6/c1-3-4(5(7)8)9-6-2;1-2/h4H,2-3H2,1H3,(H,7,8);1-2H3. The van der Waals surface area contributed by atoms with Gasteiger partial charge in [-0.05, 0) is 6.42 Å². The van der Waals surface area contributed by atoms with E-state index in [-0.39, 0.29) is 0 Å². The van der Waals surface area contributed by atoms with Crippen LogP contribution in [0, 0.1) is 0 Å². The smallest absolute Gasteiger partial charge is 0.347 e. The molecule has 0 radical (unpaired) electrons. The van der Waals surface area contributed by atoms with Gasteiger partial charge in [-0.2, -0.15) is 0 Å². The van der Waals surface area contributed by atoms with E-state index in [1.165, 1.54) is 0 Å². The number of carboxylic acids is 1. The fourth-order valence-corrected chi connectivity index (χ4v) is 0.384. The Morgan fingerprint density at radius 2 is 2.18 bits per heavy atom. The third-order valence-corrected chi connectivity index (χ3v) is 0.848. The van der Waals surface area contributed by atoms with Crippen molar-refractivity contribution in [3.05, 3.63) is 0 Å². The molecule has 0 aliphatic heterocycles. The molecule has 0 aliphatic carbocycles. The molecular formula is C7H15NO3. The quantitative estimate of drug-likeness (QED) is 0.502. The number of nitrogens with zero attached hydrogens (tertiary/aromatic N) is 1. The molecule has 11 heavy (non-hydrogen) atoms. The second-order valence-corrected chi connectivity index (χ2v) is 1.47. The van der Waals surface area contributed by atoms with Gasteiger partial charge in [0.2, 0.25) is 6.10 Å². The molecule has 0 heterocycles. The summed E-state index contributed by atoms with van der Waals surface area (Å²) in [6, 6.07) is 0. The molecule has 0 fully saturated rings. The molecule has 0 rings (SSSR count). The van der Waals surface area contributed by atoms with Gasteiger partial charge < -0.3 is 9.94 Å². The van der Waals surface area contributed by atoms with Gasteiger partial charge in [-0.25, -0.2) is 4.79 Å². The Balaban J connectivity index is 0. The molecule has 0 bridgehead atoms. The van der Waals surface area contributed by atoms with Crippen LogP contribution in [0.15, 0.2) is 5.16 Å². The van der Waals surface area contributed by atoms with E-state index >= 15 is 0 Å². The Bertz CT molecular complexity index is 114. The van der Waals surface area contributed by atoms with Crippen molar-refractivity contribution in [3.63, 3.8) is 0 Å². The van der Waals surface area contributed by atoms with Crippen LogP contribution in [0.4, 0.5) is 0 Å². The van der Waals surface area contributed by atoms with E-state index in [1.54, 1.807) is 6.92 Å². The van der Waals surface area contributed by atoms with E-state index in [2.05, 4.69) is 16.7 Å². The van der Waals surface area contributed by atoms with Crippen LogP contribution in [0.2, 0.25) is 0 Å². The maximum absolute atomic E-state index is 10.1. The Kier molecular flexibility index (Phi) is 10.2. The molecule has 0 spiro atoms. The van der Waals surface area contributed by atoms with E-state index in [1.807, 2.05) is 13.8 Å². The van der Waals surface area contributed by atoms with Gasteiger partial charge in [-0.3, -0.25) is 0 Å². The van der Waals surface area contributed by atoms with Gasteiger partial charge in [0.05, 0.1) is 0 Å². The number of hydrogen-bond acceptors (Lipinski definition) is 3. The molecule has 0 aromatic rings. The molecule has 1 unspecified atom stereocenters. The predicted molar refractivity (Wildman–Crippen MR) is 43.7 cm³/mol. The predicted octanol–water partition coefficient (Wildman–Crippen LogP) is 1.51. The summed E-state index contributed by atoms with van der Waals surface area (Å²) in [5.74, 6) is -1.01. The first-order valence-electron chi connectivity index (χ1n) is 3.57. The Labute approximate surface area is 66.9 Å². The summed E-state index contributed by atoms with van der Waals surface area (Å²) >= 11 is 0. The summed E-state index contributed by atoms with van der Waals surface area (Å²) in [5, 5.41) is 11.3. The molecule has 66 valence electrons. The van der Waals surface area contributed by atoms with Crippen molar-refractivity contribution in [2.75, 3.05) is 0 Å². The molecule has 0 amide bonds. The lowest BCUT2D eigenvalue weighted by molar-refractivity contribution is -0.150. The van der Waals surface area contributed by atoms with Gasteiger partial charge in [0.15, 0.2) is 0 Å². The van der Waals surface area contributed by atoms with Crippen molar-refractivity contribution in [2.24, 2.45) is 5.16 Å². The lowest BCUT2D eigenvalue weighted by Crippen LogP contribution is -2.20. The first-order chi connectivity index (χ1) is 5.22. The Morgan fingerprint density at radius 3 is 2.27 bits per heavy atom. The summed E-state index contributed by atoms with van der Waals surface area (Å²) in [7, 11) is 0. The van der Waals surface area contributed by atoms with Gasteiger partial charge in [-0.1, -0.05) is 20.8 Å². The van der Waals surface area contributed by atoms with Crippen molar-refractivity contribution in [1.82, 2.24) is 0 Å². The molecule has 4 nitrogen and oxygen atoms in total. The molecule has 4 heteroatoms. The molecule has 1 N–H and O–H groups in total. The van der Waals surface area contributed by atoms with Crippen molar-refractivity contribution in [1.29, 1.82) is 0 Å². The first kappa shape index (κ1) is 12.6. The monoisotopic (exact) mass is 161 g/mol. The highest BCUT2D eigenvalue weighted by atomic mass is 16.6. The minimum absolute atomic E-state index is 0.397. The van der Waals surface area contributed by atoms with Crippen LogP contribution < -0.4 is 0 Å². The largest absolute Gasteiger partial charge is 0.478 e. The summed E-state index contributed by atoms with van der Waals surface area (Å²) in [4.78, 5) is 14.5. The van der Waals surface area contributed by atoms with Crippen LogP contribution in [0.3, 0.4) is 0 Å². The van der Waals surface area contributed by atoms with E-state index < -0.39 is 12.1 Å².